The van der Waals surface area contributed by atoms with Crippen LogP contribution in [0.4, 0.5) is 11.4 Å². The van der Waals surface area contributed by atoms with Crippen LogP contribution in [-0.4, -0.2) is 10.8 Å². The summed E-state index contributed by atoms with van der Waals surface area (Å²) in [5.41, 5.74) is 0.838. The van der Waals surface area contributed by atoms with Crippen molar-refractivity contribution in [2.45, 2.75) is 40.5 Å². The van der Waals surface area contributed by atoms with E-state index >= 15 is 0 Å². The smallest absolute Gasteiger partial charge is 0.295 e. The Morgan fingerprint density at radius 1 is 1.37 bits per heavy atom. The summed E-state index contributed by atoms with van der Waals surface area (Å²) in [6.07, 6.45) is 1.09. The van der Waals surface area contributed by atoms with E-state index in [-0.39, 0.29) is 22.7 Å². The van der Waals surface area contributed by atoms with Crippen molar-refractivity contribution in [3.63, 3.8) is 0 Å². The van der Waals surface area contributed by atoms with Gasteiger partial charge in [0.25, 0.3) is 5.69 Å². The number of rotatable bonds is 4. The molecule has 1 N–H and O–H groups in total. The number of anilines is 1. The zero-order chi connectivity index (χ0) is 14.6. The van der Waals surface area contributed by atoms with Crippen molar-refractivity contribution in [3.05, 3.63) is 33.9 Å². The Bertz CT molecular complexity index is 490. The van der Waals surface area contributed by atoms with Crippen LogP contribution in [0.25, 0.3) is 0 Å². The minimum Gasteiger partial charge on any atom is -0.320 e. The number of para-hydroxylation sites is 1. The van der Waals surface area contributed by atoms with Gasteiger partial charge in [0.15, 0.2) is 0 Å². The first-order valence-corrected chi connectivity index (χ1v) is 6.24. The lowest BCUT2D eigenvalue weighted by Gasteiger charge is -2.17. The van der Waals surface area contributed by atoms with Crippen molar-refractivity contribution in [2.24, 2.45) is 5.41 Å². The monoisotopic (exact) mass is 264 g/mol. The van der Waals surface area contributed by atoms with Gasteiger partial charge in [0, 0.05) is 12.0 Å². The Hall–Kier alpha value is -1.91. The summed E-state index contributed by atoms with van der Waals surface area (Å²) in [7, 11) is 0. The first-order valence-electron chi connectivity index (χ1n) is 6.24. The Labute approximate surface area is 113 Å². The Balaban J connectivity index is 2.80. The number of carbonyl (C=O) groups is 1. The van der Waals surface area contributed by atoms with Crippen molar-refractivity contribution in [3.8, 4) is 0 Å². The van der Waals surface area contributed by atoms with Gasteiger partial charge in [-0.1, -0.05) is 32.9 Å². The second-order valence-electron chi connectivity index (χ2n) is 5.84. The Morgan fingerprint density at radius 2 is 2.00 bits per heavy atom. The molecule has 0 saturated carbocycles. The van der Waals surface area contributed by atoms with Gasteiger partial charge in [-0.3, -0.25) is 14.9 Å². The van der Waals surface area contributed by atoms with E-state index in [1.807, 2.05) is 0 Å². The zero-order valence-electron chi connectivity index (χ0n) is 11.8. The molecule has 0 atom stereocenters. The first kappa shape index (κ1) is 15.1. The highest BCUT2D eigenvalue weighted by atomic mass is 16.6. The second kappa shape index (κ2) is 5.82. The van der Waals surface area contributed by atoms with Gasteiger partial charge in [0.05, 0.1) is 4.92 Å². The predicted octanol–water partition coefficient (Wildman–Crippen LogP) is 3.67. The average Bonchev–Trinajstić information content (AvgIpc) is 2.25. The molecule has 0 heterocycles. The molecule has 0 aliphatic rings. The SMILES string of the molecule is Cc1cccc(NC(=O)CCC(C)(C)C)c1[N+](=O)[O-]. The minimum atomic E-state index is -0.464. The maximum Gasteiger partial charge on any atom is 0.295 e. The number of amides is 1. The largest absolute Gasteiger partial charge is 0.320 e. The molecule has 1 aromatic carbocycles. The summed E-state index contributed by atoms with van der Waals surface area (Å²) in [5.74, 6) is -0.191. The van der Waals surface area contributed by atoms with Crippen LogP contribution < -0.4 is 5.32 Å². The molecule has 0 radical (unpaired) electrons. The maximum atomic E-state index is 11.8. The zero-order valence-corrected chi connectivity index (χ0v) is 11.8. The standard InChI is InChI=1S/C14H20N2O3/c1-10-6-5-7-11(13(10)16(18)19)15-12(17)8-9-14(2,3)4/h5-7H,8-9H2,1-4H3,(H,15,17). The van der Waals surface area contributed by atoms with E-state index in [9.17, 15) is 14.9 Å². The van der Waals surface area contributed by atoms with Crippen LogP contribution in [0, 0.1) is 22.5 Å². The number of aryl methyl sites for hydroxylation is 1. The molecule has 0 aromatic heterocycles. The number of benzene rings is 1. The highest BCUT2D eigenvalue weighted by Gasteiger charge is 2.19. The van der Waals surface area contributed by atoms with Crippen LogP contribution in [-0.2, 0) is 4.79 Å². The summed E-state index contributed by atoms with van der Waals surface area (Å²) in [4.78, 5) is 22.3. The summed E-state index contributed by atoms with van der Waals surface area (Å²) in [6, 6.07) is 4.91. The predicted molar refractivity (Wildman–Crippen MR) is 75.2 cm³/mol. The summed E-state index contributed by atoms with van der Waals surface area (Å²) >= 11 is 0. The van der Waals surface area contributed by atoms with Gasteiger partial charge in [-0.15, -0.1) is 0 Å². The van der Waals surface area contributed by atoms with E-state index in [0.717, 1.165) is 6.42 Å². The Morgan fingerprint density at radius 3 is 2.53 bits per heavy atom. The molecule has 0 saturated heterocycles. The molecule has 1 rings (SSSR count). The first-order chi connectivity index (χ1) is 8.70. The number of hydrogen-bond donors (Lipinski definition) is 1. The van der Waals surface area contributed by atoms with Crippen LogP contribution in [0.5, 0.6) is 0 Å². The molecule has 0 aliphatic carbocycles. The molecule has 0 bridgehead atoms. The molecule has 0 unspecified atom stereocenters. The van der Waals surface area contributed by atoms with Crippen LogP contribution in [0.1, 0.15) is 39.2 Å². The normalized spacial score (nSPS) is 11.2. The number of nitro groups is 1. The van der Waals surface area contributed by atoms with Crippen molar-refractivity contribution in [1.29, 1.82) is 0 Å². The van der Waals surface area contributed by atoms with E-state index in [1.165, 1.54) is 0 Å². The highest BCUT2D eigenvalue weighted by molar-refractivity contribution is 5.93. The lowest BCUT2D eigenvalue weighted by molar-refractivity contribution is -0.384. The number of nitrogens with one attached hydrogen (secondary N) is 1. The number of carbonyl (C=O) groups excluding carboxylic acids is 1. The quantitative estimate of drug-likeness (QED) is 0.666. The van der Waals surface area contributed by atoms with E-state index in [2.05, 4.69) is 26.1 Å². The number of nitro benzene ring substituents is 1. The van der Waals surface area contributed by atoms with Gasteiger partial charge in [-0.2, -0.15) is 0 Å². The number of nitrogens with zero attached hydrogens (tertiary/aromatic N) is 1. The van der Waals surface area contributed by atoms with Gasteiger partial charge in [-0.05, 0) is 24.8 Å². The minimum absolute atomic E-state index is 0.0355. The van der Waals surface area contributed by atoms with Crippen molar-refractivity contribution in [2.75, 3.05) is 5.32 Å². The van der Waals surface area contributed by atoms with E-state index in [1.54, 1.807) is 25.1 Å². The van der Waals surface area contributed by atoms with Gasteiger partial charge in [0.2, 0.25) is 5.91 Å². The van der Waals surface area contributed by atoms with E-state index in [0.29, 0.717) is 12.0 Å². The lowest BCUT2D eigenvalue weighted by atomic mass is 9.90. The fraction of sp³-hybridized carbons (Fsp3) is 0.500. The molecule has 5 nitrogen and oxygen atoms in total. The molecule has 1 amide bonds. The molecule has 5 heteroatoms. The molecule has 1 aromatic rings. The molecule has 0 fully saturated rings. The van der Waals surface area contributed by atoms with E-state index in [4.69, 9.17) is 0 Å². The molecular formula is C14H20N2O3. The van der Waals surface area contributed by atoms with Crippen LogP contribution in [0.2, 0.25) is 0 Å². The summed E-state index contributed by atoms with van der Waals surface area (Å²) in [5, 5.41) is 13.6. The third kappa shape index (κ3) is 4.69. The van der Waals surface area contributed by atoms with E-state index < -0.39 is 4.92 Å². The fourth-order valence-corrected chi connectivity index (χ4v) is 1.70. The van der Waals surface area contributed by atoms with Crippen LogP contribution in [0.15, 0.2) is 18.2 Å². The van der Waals surface area contributed by atoms with Gasteiger partial charge in [0.1, 0.15) is 5.69 Å². The average molecular weight is 264 g/mol. The fourth-order valence-electron chi connectivity index (χ4n) is 1.70. The van der Waals surface area contributed by atoms with Crippen molar-refractivity contribution < 1.29 is 9.72 Å². The summed E-state index contributed by atoms with van der Waals surface area (Å²) in [6.45, 7) is 7.81. The molecular weight excluding hydrogens is 244 g/mol. The van der Waals surface area contributed by atoms with Crippen LogP contribution in [0.3, 0.4) is 0 Å². The van der Waals surface area contributed by atoms with Crippen LogP contribution >= 0.6 is 0 Å². The molecule has 104 valence electrons. The van der Waals surface area contributed by atoms with Crippen molar-refractivity contribution in [1.82, 2.24) is 0 Å². The number of hydrogen-bond acceptors (Lipinski definition) is 3. The second-order valence-corrected chi connectivity index (χ2v) is 5.84. The van der Waals surface area contributed by atoms with Gasteiger partial charge < -0.3 is 5.32 Å². The maximum absolute atomic E-state index is 11.8. The lowest BCUT2D eigenvalue weighted by Crippen LogP contribution is -2.16. The molecule has 0 aliphatic heterocycles. The van der Waals surface area contributed by atoms with Crippen molar-refractivity contribution >= 4 is 17.3 Å². The third-order valence-corrected chi connectivity index (χ3v) is 2.80. The molecule has 0 spiro atoms. The summed E-state index contributed by atoms with van der Waals surface area (Å²) < 4.78 is 0. The topological polar surface area (TPSA) is 72.2 Å². The Kier molecular flexibility index (Phi) is 4.64. The van der Waals surface area contributed by atoms with Gasteiger partial charge in [-0.25, -0.2) is 0 Å². The highest BCUT2D eigenvalue weighted by Crippen LogP contribution is 2.28. The molecule has 19 heavy (non-hydrogen) atoms. The third-order valence-electron chi connectivity index (χ3n) is 2.80. The van der Waals surface area contributed by atoms with Gasteiger partial charge >= 0.3 is 0 Å².